The highest BCUT2D eigenvalue weighted by atomic mass is 35.5. The summed E-state index contributed by atoms with van der Waals surface area (Å²) in [6, 6.07) is 14.9. The lowest BCUT2D eigenvalue weighted by Gasteiger charge is -2.13. The average molecular weight is 462 g/mol. The van der Waals surface area contributed by atoms with Crippen LogP contribution in [0.25, 0.3) is 6.08 Å². The topological polar surface area (TPSA) is 55.8 Å². The van der Waals surface area contributed by atoms with Crippen molar-refractivity contribution in [3.63, 3.8) is 0 Å². The Hall–Kier alpha value is -2.35. The van der Waals surface area contributed by atoms with Crippen molar-refractivity contribution in [1.29, 1.82) is 0 Å². The van der Waals surface area contributed by atoms with Crippen molar-refractivity contribution in [2.45, 2.75) is 20.0 Å². The van der Waals surface area contributed by atoms with Gasteiger partial charge in [0.2, 0.25) is 0 Å². The van der Waals surface area contributed by atoms with Crippen molar-refractivity contribution in [2.24, 2.45) is 0 Å². The number of hydrogen-bond acceptors (Lipinski definition) is 6. The maximum atomic E-state index is 12.6. The van der Waals surface area contributed by atoms with Crippen LogP contribution in [0.1, 0.15) is 24.5 Å². The van der Waals surface area contributed by atoms with Crippen molar-refractivity contribution in [2.75, 3.05) is 13.2 Å². The zero-order valence-electron chi connectivity index (χ0n) is 16.3. The van der Waals surface area contributed by atoms with E-state index in [1.54, 1.807) is 6.08 Å². The maximum Gasteiger partial charge on any atom is 0.326 e. The zero-order chi connectivity index (χ0) is 21.5. The van der Waals surface area contributed by atoms with E-state index in [-0.39, 0.29) is 12.5 Å². The van der Waals surface area contributed by atoms with Crippen LogP contribution in [0.3, 0.4) is 0 Å². The summed E-state index contributed by atoms with van der Waals surface area (Å²) in [5.74, 6) is -0.0646. The van der Waals surface area contributed by atoms with Crippen LogP contribution in [0.4, 0.5) is 0 Å². The summed E-state index contributed by atoms with van der Waals surface area (Å²) >= 11 is 12.6. The number of rotatable bonds is 8. The van der Waals surface area contributed by atoms with E-state index in [1.165, 1.54) is 16.7 Å². The fourth-order valence-corrected chi connectivity index (χ4v) is 4.06. The van der Waals surface area contributed by atoms with Crippen LogP contribution in [-0.2, 0) is 20.9 Å². The normalized spacial score (nSPS) is 15.0. The fraction of sp³-hybridized carbons (Fsp3) is 0.227. The largest absolute Gasteiger partial charge is 0.489 e. The Morgan fingerprint density at radius 3 is 2.63 bits per heavy atom. The summed E-state index contributed by atoms with van der Waals surface area (Å²) in [5.41, 5.74) is 1.73. The Kier molecular flexibility index (Phi) is 7.90. The molecule has 1 amide bonds. The SMILES string of the molecule is CCCOC(=O)CN1C(=O)/C(=C/c2ccc(OCc3ccccc3Cl)cc2)SC1=S. The van der Waals surface area contributed by atoms with Gasteiger partial charge >= 0.3 is 5.97 Å². The second-order valence-electron chi connectivity index (χ2n) is 6.44. The van der Waals surface area contributed by atoms with Gasteiger partial charge in [-0.2, -0.15) is 0 Å². The van der Waals surface area contributed by atoms with E-state index >= 15 is 0 Å². The van der Waals surface area contributed by atoms with Gasteiger partial charge in [0.05, 0.1) is 11.5 Å². The molecule has 0 bridgehead atoms. The number of nitrogens with zero attached hydrogens (tertiary/aromatic N) is 1. The number of carbonyl (C=O) groups excluding carboxylic acids is 2. The monoisotopic (exact) mass is 461 g/mol. The lowest BCUT2D eigenvalue weighted by molar-refractivity contribution is -0.146. The number of carbonyl (C=O) groups is 2. The quantitative estimate of drug-likeness (QED) is 0.310. The molecule has 0 unspecified atom stereocenters. The predicted octanol–water partition coefficient (Wildman–Crippen LogP) is 5.07. The van der Waals surface area contributed by atoms with Crippen molar-refractivity contribution in [1.82, 2.24) is 4.90 Å². The molecule has 0 radical (unpaired) electrons. The molecule has 0 spiro atoms. The van der Waals surface area contributed by atoms with Crippen LogP contribution in [0.2, 0.25) is 5.02 Å². The third-order valence-electron chi connectivity index (χ3n) is 4.16. The molecule has 0 aliphatic carbocycles. The van der Waals surface area contributed by atoms with E-state index in [0.717, 1.165) is 17.5 Å². The number of hydrogen-bond donors (Lipinski definition) is 0. The van der Waals surface area contributed by atoms with Crippen LogP contribution in [-0.4, -0.2) is 34.2 Å². The van der Waals surface area contributed by atoms with Gasteiger partial charge in [0.1, 0.15) is 23.2 Å². The van der Waals surface area contributed by atoms with Crippen LogP contribution in [0.15, 0.2) is 53.4 Å². The molecule has 0 saturated carbocycles. The van der Waals surface area contributed by atoms with E-state index in [0.29, 0.717) is 33.2 Å². The molecule has 156 valence electrons. The number of benzene rings is 2. The smallest absolute Gasteiger partial charge is 0.326 e. The van der Waals surface area contributed by atoms with Crippen molar-refractivity contribution in [3.05, 3.63) is 69.6 Å². The highest BCUT2D eigenvalue weighted by molar-refractivity contribution is 8.26. The van der Waals surface area contributed by atoms with E-state index in [9.17, 15) is 9.59 Å². The molecule has 8 heteroatoms. The number of esters is 1. The Balaban J connectivity index is 1.61. The zero-order valence-corrected chi connectivity index (χ0v) is 18.7. The number of thioether (sulfide) groups is 1. The van der Waals surface area contributed by atoms with Gasteiger partial charge < -0.3 is 9.47 Å². The maximum absolute atomic E-state index is 12.6. The summed E-state index contributed by atoms with van der Waals surface area (Å²) in [4.78, 5) is 26.1. The van der Waals surface area contributed by atoms with Gasteiger partial charge in [-0.15, -0.1) is 0 Å². The molecule has 2 aromatic rings. The molecule has 1 aliphatic rings. The summed E-state index contributed by atoms with van der Waals surface area (Å²) in [5, 5.41) is 0.662. The van der Waals surface area contributed by atoms with Gasteiger partial charge in [0.15, 0.2) is 0 Å². The molecule has 2 aromatic carbocycles. The number of thiocarbonyl (C=S) groups is 1. The molecular formula is C22H20ClNO4S2. The Morgan fingerprint density at radius 1 is 1.20 bits per heavy atom. The molecule has 5 nitrogen and oxygen atoms in total. The highest BCUT2D eigenvalue weighted by Crippen LogP contribution is 2.32. The second kappa shape index (κ2) is 10.6. The molecule has 0 aromatic heterocycles. The van der Waals surface area contributed by atoms with Crippen LogP contribution >= 0.6 is 35.6 Å². The number of amides is 1. The van der Waals surface area contributed by atoms with Crippen molar-refractivity contribution >= 4 is 57.9 Å². The lowest BCUT2D eigenvalue weighted by atomic mass is 10.2. The highest BCUT2D eigenvalue weighted by Gasteiger charge is 2.33. The van der Waals surface area contributed by atoms with E-state index in [2.05, 4.69) is 0 Å². The first kappa shape index (κ1) is 22.3. The first-order valence-electron chi connectivity index (χ1n) is 9.35. The molecular weight excluding hydrogens is 442 g/mol. The molecule has 30 heavy (non-hydrogen) atoms. The van der Waals surface area contributed by atoms with Gasteiger partial charge in [-0.3, -0.25) is 14.5 Å². The van der Waals surface area contributed by atoms with Gasteiger partial charge in [-0.1, -0.05) is 72.8 Å². The summed E-state index contributed by atoms with van der Waals surface area (Å²) in [6.45, 7) is 2.43. The molecule has 0 atom stereocenters. The summed E-state index contributed by atoms with van der Waals surface area (Å²) in [7, 11) is 0. The van der Waals surface area contributed by atoms with Crippen molar-refractivity contribution in [3.8, 4) is 5.75 Å². The van der Waals surface area contributed by atoms with E-state index < -0.39 is 5.97 Å². The molecule has 1 fully saturated rings. The Bertz CT molecular complexity index is 975. The third-order valence-corrected chi connectivity index (χ3v) is 5.90. The summed E-state index contributed by atoms with van der Waals surface area (Å²) < 4.78 is 11.2. The predicted molar refractivity (Wildman–Crippen MR) is 123 cm³/mol. The van der Waals surface area contributed by atoms with E-state index in [4.69, 9.17) is 33.3 Å². The van der Waals surface area contributed by atoms with E-state index in [1.807, 2.05) is 55.5 Å². The van der Waals surface area contributed by atoms with Crippen molar-refractivity contribution < 1.29 is 19.1 Å². The first-order chi connectivity index (χ1) is 14.5. The molecule has 1 aliphatic heterocycles. The minimum absolute atomic E-state index is 0.170. The first-order valence-corrected chi connectivity index (χ1v) is 11.0. The number of halogens is 1. The number of ether oxygens (including phenoxy) is 2. The van der Waals surface area contributed by atoms with Gasteiger partial charge in [0, 0.05) is 10.6 Å². The second-order valence-corrected chi connectivity index (χ2v) is 8.52. The molecule has 3 rings (SSSR count). The lowest BCUT2D eigenvalue weighted by Crippen LogP contribution is -2.34. The van der Waals surface area contributed by atoms with Crippen LogP contribution < -0.4 is 4.74 Å². The third kappa shape index (κ3) is 5.84. The van der Waals surface area contributed by atoms with Crippen LogP contribution in [0, 0.1) is 0 Å². The molecule has 1 saturated heterocycles. The molecule has 1 heterocycles. The summed E-state index contributed by atoms with van der Waals surface area (Å²) in [6.07, 6.45) is 2.47. The average Bonchev–Trinajstić information content (AvgIpc) is 3.00. The Labute approximate surface area is 190 Å². The fourth-order valence-electron chi connectivity index (χ4n) is 2.62. The van der Waals surface area contributed by atoms with Gasteiger partial charge in [-0.25, -0.2) is 0 Å². The van der Waals surface area contributed by atoms with Crippen LogP contribution in [0.5, 0.6) is 5.75 Å². The minimum Gasteiger partial charge on any atom is -0.489 e. The standard InChI is InChI=1S/C22H20ClNO4S2/c1-2-11-27-20(25)13-24-21(26)19(30-22(24)29)12-15-7-9-17(10-8-15)28-14-16-5-3-4-6-18(16)23/h3-10,12H,2,11,13-14H2,1H3/b19-12-. The molecule has 0 N–H and O–H groups in total. The Morgan fingerprint density at radius 2 is 1.93 bits per heavy atom. The minimum atomic E-state index is -0.463. The van der Waals surface area contributed by atoms with Gasteiger partial charge in [0.25, 0.3) is 5.91 Å². The van der Waals surface area contributed by atoms with Gasteiger partial charge in [-0.05, 0) is 36.3 Å².